The highest BCUT2D eigenvalue weighted by Crippen LogP contribution is 2.19. The van der Waals surface area contributed by atoms with Crippen LogP contribution in [-0.4, -0.2) is 28.4 Å². The molecule has 1 aromatic rings. The van der Waals surface area contributed by atoms with Crippen molar-refractivity contribution in [2.45, 2.75) is 13.0 Å². The second-order valence-electron chi connectivity index (χ2n) is 3.11. The van der Waals surface area contributed by atoms with Gasteiger partial charge in [-0.25, -0.2) is 4.79 Å². The number of phenolic OH excluding ortho intramolecular Hbond substituents is 1. The molecule has 80 valence electrons. The van der Waals surface area contributed by atoms with Crippen molar-refractivity contribution >= 4 is 17.9 Å². The van der Waals surface area contributed by atoms with E-state index in [0.29, 0.717) is 5.56 Å². The maximum atomic E-state index is 10.5. The SMILES string of the molecule is C[C@@H](N=Cc1ccc(O)c(N)c1)C(=O)O. The minimum absolute atomic E-state index is 0.00145. The molecule has 0 fully saturated rings. The Balaban J connectivity index is 2.81. The number of rotatable bonds is 3. The van der Waals surface area contributed by atoms with E-state index in [0.717, 1.165) is 0 Å². The summed E-state index contributed by atoms with van der Waals surface area (Å²) in [5, 5.41) is 17.7. The van der Waals surface area contributed by atoms with Crippen molar-refractivity contribution in [3.05, 3.63) is 23.8 Å². The van der Waals surface area contributed by atoms with E-state index in [4.69, 9.17) is 15.9 Å². The number of hydrogen-bond acceptors (Lipinski definition) is 4. The number of nitrogens with zero attached hydrogens (tertiary/aromatic N) is 1. The molecule has 4 N–H and O–H groups in total. The standard InChI is InChI=1S/C10H12N2O3/c1-6(10(14)15)12-5-7-2-3-9(13)8(11)4-7/h2-6,13H,11H2,1H3,(H,14,15)/t6-/m1/s1. The number of anilines is 1. The smallest absolute Gasteiger partial charge is 0.328 e. The van der Waals surface area contributed by atoms with Gasteiger partial charge in [-0.1, -0.05) is 0 Å². The molecule has 0 heterocycles. The molecule has 1 aromatic carbocycles. The molecule has 0 aromatic heterocycles. The van der Waals surface area contributed by atoms with Gasteiger partial charge < -0.3 is 15.9 Å². The highest BCUT2D eigenvalue weighted by Gasteiger charge is 2.06. The third kappa shape index (κ3) is 2.98. The van der Waals surface area contributed by atoms with E-state index in [1.807, 2.05) is 0 Å². The minimum atomic E-state index is -0.988. The molecule has 0 aliphatic carbocycles. The Labute approximate surface area is 86.9 Å². The maximum absolute atomic E-state index is 10.5. The van der Waals surface area contributed by atoms with Crippen molar-refractivity contribution in [2.75, 3.05) is 5.73 Å². The van der Waals surface area contributed by atoms with Crippen LogP contribution in [0.15, 0.2) is 23.2 Å². The summed E-state index contributed by atoms with van der Waals surface area (Å²) in [6.45, 7) is 1.47. The molecule has 0 radical (unpaired) electrons. The maximum Gasteiger partial charge on any atom is 0.328 e. The summed E-state index contributed by atoms with van der Waals surface area (Å²) in [7, 11) is 0. The molecule has 0 amide bonds. The summed E-state index contributed by atoms with van der Waals surface area (Å²) in [6, 6.07) is 3.76. The Morgan fingerprint density at radius 3 is 2.80 bits per heavy atom. The lowest BCUT2D eigenvalue weighted by Gasteiger charge is -2.00. The Morgan fingerprint density at radius 2 is 2.27 bits per heavy atom. The van der Waals surface area contributed by atoms with Crippen LogP contribution in [0.3, 0.4) is 0 Å². The Kier molecular flexibility index (Phi) is 3.28. The molecular weight excluding hydrogens is 196 g/mol. The predicted octanol–water partition coefficient (Wildman–Crippen LogP) is 0.866. The summed E-state index contributed by atoms with van der Waals surface area (Å²) in [4.78, 5) is 14.3. The Hall–Kier alpha value is -2.04. The molecule has 0 unspecified atom stereocenters. The summed E-state index contributed by atoms with van der Waals surface area (Å²) in [6.07, 6.45) is 1.41. The van der Waals surface area contributed by atoms with Crippen molar-refractivity contribution in [1.82, 2.24) is 0 Å². The minimum Gasteiger partial charge on any atom is -0.506 e. The van der Waals surface area contributed by atoms with Gasteiger partial charge in [0.2, 0.25) is 0 Å². The Morgan fingerprint density at radius 1 is 1.60 bits per heavy atom. The number of nitrogen functional groups attached to an aromatic ring is 1. The van der Waals surface area contributed by atoms with Crippen LogP contribution in [0.5, 0.6) is 5.75 Å². The molecule has 1 atom stereocenters. The summed E-state index contributed by atoms with van der Waals surface area (Å²) in [5.74, 6) is -0.989. The van der Waals surface area contributed by atoms with Crippen LogP contribution >= 0.6 is 0 Å². The van der Waals surface area contributed by atoms with E-state index >= 15 is 0 Å². The zero-order valence-electron chi connectivity index (χ0n) is 8.21. The van der Waals surface area contributed by atoms with E-state index in [1.54, 1.807) is 6.07 Å². The van der Waals surface area contributed by atoms with Crippen LogP contribution in [0.4, 0.5) is 5.69 Å². The zero-order chi connectivity index (χ0) is 11.4. The van der Waals surface area contributed by atoms with Crippen molar-refractivity contribution in [2.24, 2.45) is 4.99 Å². The molecule has 0 spiro atoms. The van der Waals surface area contributed by atoms with E-state index in [2.05, 4.69) is 4.99 Å². The van der Waals surface area contributed by atoms with E-state index in [9.17, 15) is 4.79 Å². The number of nitrogens with two attached hydrogens (primary N) is 1. The van der Waals surface area contributed by atoms with Crippen LogP contribution in [-0.2, 0) is 4.79 Å². The van der Waals surface area contributed by atoms with Crippen molar-refractivity contribution in [3.63, 3.8) is 0 Å². The fraction of sp³-hybridized carbons (Fsp3) is 0.200. The lowest BCUT2D eigenvalue weighted by Crippen LogP contribution is -2.13. The fourth-order valence-electron chi connectivity index (χ4n) is 0.915. The van der Waals surface area contributed by atoms with Gasteiger partial charge >= 0.3 is 5.97 Å². The average molecular weight is 208 g/mol. The van der Waals surface area contributed by atoms with Crippen LogP contribution in [0.25, 0.3) is 0 Å². The van der Waals surface area contributed by atoms with Crippen molar-refractivity contribution < 1.29 is 15.0 Å². The summed E-state index contributed by atoms with van der Waals surface area (Å²) >= 11 is 0. The van der Waals surface area contributed by atoms with Gasteiger partial charge in [0.25, 0.3) is 0 Å². The molecule has 0 aliphatic rings. The molecule has 1 rings (SSSR count). The Bertz CT molecular complexity index is 402. The van der Waals surface area contributed by atoms with Gasteiger partial charge in [-0.15, -0.1) is 0 Å². The monoisotopic (exact) mass is 208 g/mol. The van der Waals surface area contributed by atoms with Crippen LogP contribution in [0.2, 0.25) is 0 Å². The quantitative estimate of drug-likeness (QED) is 0.390. The third-order valence-corrected chi connectivity index (χ3v) is 1.86. The number of carboxylic acid groups (broad SMARTS) is 1. The number of carboxylic acids is 1. The first-order chi connectivity index (χ1) is 7.00. The number of benzene rings is 1. The number of aliphatic carboxylic acids is 1. The van der Waals surface area contributed by atoms with Crippen molar-refractivity contribution in [3.8, 4) is 5.75 Å². The third-order valence-electron chi connectivity index (χ3n) is 1.86. The lowest BCUT2D eigenvalue weighted by atomic mass is 10.2. The van der Waals surface area contributed by atoms with Gasteiger partial charge in [-0.3, -0.25) is 4.99 Å². The second kappa shape index (κ2) is 4.45. The van der Waals surface area contributed by atoms with Crippen LogP contribution in [0.1, 0.15) is 12.5 Å². The van der Waals surface area contributed by atoms with E-state index in [-0.39, 0.29) is 11.4 Å². The molecule has 0 bridgehead atoms. The molecular formula is C10H12N2O3. The number of phenols is 1. The van der Waals surface area contributed by atoms with Gasteiger partial charge in [0.1, 0.15) is 11.8 Å². The fourth-order valence-corrected chi connectivity index (χ4v) is 0.915. The molecule has 5 heteroatoms. The zero-order valence-corrected chi connectivity index (χ0v) is 8.21. The predicted molar refractivity (Wildman–Crippen MR) is 57.2 cm³/mol. The van der Waals surface area contributed by atoms with Crippen LogP contribution in [0, 0.1) is 0 Å². The highest BCUT2D eigenvalue weighted by molar-refractivity contribution is 5.84. The van der Waals surface area contributed by atoms with Crippen molar-refractivity contribution in [1.29, 1.82) is 0 Å². The van der Waals surface area contributed by atoms with Gasteiger partial charge in [-0.2, -0.15) is 0 Å². The summed E-state index contributed by atoms with van der Waals surface area (Å²) < 4.78 is 0. The van der Waals surface area contributed by atoms with Gasteiger partial charge in [0.05, 0.1) is 5.69 Å². The number of aliphatic imine (C=N–C) groups is 1. The topological polar surface area (TPSA) is 95.9 Å². The molecule has 15 heavy (non-hydrogen) atoms. The number of aromatic hydroxyl groups is 1. The lowest BCUT2D eigenvalue weighted by molar-refractivity contribution is -0.137. The van der Waals surface area contributed by atoms with E-state index < -0.39 is 12.0 Å². The van der Waals surface area contributed by atoms with Gasteiger partial charge in [0.15, 0.2) is 0 Å². The highest BCUT2D eigenvalue weighted by atomic mass is 16.4. The normalized spacial score (nSPS) is 12.9. The molecule has 0 saturated heterocycles. The van der Waals surface area contributed by atoms with Crippen LogP contribution < -0.4 is 5.73 Å². The summed E-state index contributed by atoms with van der Waals surface area (Å²) in [5.41, 5.74) is 6.35. The number of hydrogen-bond donors (Lipinski definition) is 3. The van der Waals surface area contributed by atoms with Gasteiger partial charge in [-0.05, 0) is 30.7 Å². The molecule has 0 aliphatic heterocycles. The van der Waals surface area contributed by atoms with E-state index in [1.165, 1.54) is 25.3 Å². The first kappa shape index (κ1) is 11.0. The molecule has 0 saturated carbocycles. The largest absolute Gasteiger partial charge is 0.506 e. The first-order valence-electron chi connectivity index (χ1n) is 4.35. The first-order valence-corrected chi connectivity index (χ1v) is 4.35. The average Bonchev–Trinajstić information content (AvgIpc) is 2.19. The number of carbonyl (C=O) groups is 1. The van der Waals surface area contributed by atoms with Gasteiger partial charge in [0, 0.05) is 6.21 Å². The molecule has 5 nitrogen and oxygen atoms in total. The second-order valence-corrected chi connectivity index (χ2v) is 3.11.